The Morgan fingerprint density at radius 2 is 1.45 bits per heavy atom. The van der Waals surface area contributed by atoms with Gasteiger partial charge in [0.15, 0.2) is 0 Å². The second-order valence-corrected chi connectivity index (χ2v) is 10.6. The fourth-order valence-corrected chi connectivity index (χ4v) is 4.29. The average molecular weight is 560 g/mol. The van der Waals surface area contributed by atoms with Gasteiger partial charge in [-0.2, -0.15) is 11.8 Å². The number of aliphatic hydroxyl groups excluding tert-OH is 2. The maximum absolute atomic E-state index is 12.8. The zero-order valence-corrected chi connectivity index (χ0v) is 23.5. The summed E-state index contributed by atoms with van der Waals surface area (Å²) >= 11 is 1.35. The van der Waals surface area contributed by atoms with Gasteiger partial charge >= 0.3 is 29.0 Å². The van der Waals surface area contributed by atoms with Crippen LogP contribution in [0.15, 0.2) is 27.0 Å². The van der Waals surface area contributed by atoms with Crippen LogP contribution in [0.5, 0.6) is 0 Å². The predicted octanol–water partition coefficient (Wildman–Crippen LogP) is 0.696. The van der Waals surface area contributed by atoms with E-state index in [4.69, 9.17) is 9.47 Å². The number of rotatable bonds is 18. The number of esters is 2. The number of carbonyl (C=O) groups excluding carboxylic acids is 2. The first-order chi connectivity index (χ1) is 17.9. The van der Waals surface area contributed by atoms with Crippen molar-refractivity contribution in [3.8, 4) is 0 Å². The Bertz CT molecular complexity index is 1090. The molecule has 0 saturated heterocycles. The fourth-order valence-electron chi connectivity index (χ4n) is 3.46. The zero-order valence-electron chi connectivity index (χ0n) is 22.7. The predicted molar refractivity (Wildman–Crippen MR) is 144 cm³/mol. The summed E-state index contributed by atoms with van der Waals surface area (Å²) in [6, 6.07) is -0.469. The zero-order chi connectivity index (χ0) is 28.8. The number of thioether (sulfide) groups is 1. The summed E-state index contributed by atoms with van der Waals surface area (Å²) < 4.78 is 12.7. The molecule has 0 radical (unpaired) electrons. The number of aliphatic hydroxyl groups is 2. The second-order valence-electron chi connectivity index (χ2n) is 9.40. The number of ether oxygens (including phenoxy) is 2. The third-order valence-corrected chi connectivity index (χ3v) is 6.58. The summed E-state index contributed by atoms with van der Waals surface area (Å²) in [5.41, 5.74) is -2.47. The summed E-state index contributed by atoms with van der Waals surface area (Å²) in [5.74, 6) is 0.100. The molecule has 3 atom stereocenters. The molecule has 2 N–H and O–H groups in total. The first kappa shape index (κ1) is 33.4. The van der Waals surface area contributed by atoms with Crippen LogP contribution in [0.1, 0.15) is 59.4 Å². The molecule has 0 aliphatic carbocycles. The number of hydrogen-bond acceptors (Lipinski definition) is 10. The van der Waals surface area contributed by atoms with Gasteiger partial charge in [0.1, 0.15) is 19.3 Å². The maximum atomic E-state index is 12.8. The van der Waals surface area contributed by atoms with E-state index in [0.717, 1.165) is 13.7 Å². The Morgan fingerprint density at radius 3 is 1.95 bits per heavy atom. The molecule has 1 rings (SSSR count). The van der Waals surface area contributed by atoms with Crippen molar-refractivity contribution < 1.29 is 29.3 Å². The molecule has 1 heterocycles. The Balaban J connectivity index is 2.52. The lowest BCUT2D eigenvalue weighted by atomic mass is 10.1. The van der Waals surface area contributed by atoms with Gasteiger partial charge in [-0.15, -0.1) is 6.58 Å². The number of aromatic nitrogens is 3. The number of carbonyl (C=O) groups is 2. The van der Waals surface area contributed by atoms with E-state index in [2.05, 4.69) is 6.58 Å². The van der Waals surface area contributed by atoms with Crippen molar-refractivity contribution in [2.75, 3.05) is 24.7 Å². The van der Waals surface area contributed by atoms with Crippen LogP contribution in [0, 0.1) is 5.92 Å². The Morgan fingerprint density at radius 1 is 0.921 bits per heavy atom. The van der Waals surface area contributed by atoms with Gasteiger partial charge in [-0.05, 0) is 25.7 Å². The molecule has 0 aliphatic rings. The Kier molecular flexibility index (Phi) is 15.0. The molecule has 13 heteroatoms. The van der Waals surface area contributed by atoms with E-state index >= 15 is 0 Å². The average Bonchev–Trinajstić information content (AvgIpc) is 2.85. The quantitative estimate of drug-likeness (QED) is 0.149. The molecule has 0 aromatic carbocycles. The van der Waals surface area contributed by atoms with E-state index in [-0.39, 0.29) is 26.0 Å². The van der Waals surface area contributed by atoms with Crippen molar-refractivity contribution in [3.05, 3.63) is 44.1 Å². The highest BCUT2D eigenvalue weighted by Crippen LogP contribution is 2.08. The third kappa shape index (κ3) is 11.0. The first-order valence-corrected chi connectivity index (χ1v) is 13.9. The largest absolute Gasteiger partial charge is 0.463 e. The first-order valence-electron chi connectivity index (χ1n) is 12.7. The highest BCUT2D eigenvalue weighted by atomic mass is 32.2. The smallest absolute Gasteiger partial charge is 0.336 e. The van der Waals surface area contributed by atoms with Gasteiger partial charge in [-0.1, -0.05) is 26.8 Å². The molecular formula is C25H41N3O9S. The number of hydrogen-bond donors (Lipinski definition) is 2. The second kappa shape index (κ2) is 17.0. The third-order valence-electron chi connectivity index (χ3n) is 5.59. The van der Waals surface area contributed by atoms with Crippen LogP contribution in [0.3, 0.4) is 0 Å². The van der Waals surface area contributed by atoms with Crippen LogP contribution in [-0.2, 0) is 32.2 Å². The molecule has 0 bridgehead atoms. The SMILES string of the molecule is C=CCn1c(=O)n(CC(O)COC(=O)CCSCCC(=O)OCC(O)CC(C)C)c(=O)n(C(C)CC)c1=O. The molecule has 1 aromatic heterocycles. The van der Waals surface area contributed by atoms with Gasteiger partial charge in [0.2, 0.25) is 0 Å². The van der Waals surface area contributed by atoms with Gasteiger partial charge in [-0.25, -0.2) is 28.1 Å². The fraction of sp³-hybridized carbons (Fsp3) is 0.720. The van der Waals surface area contributed by atoms with Gasteiger partial charge < -0.3 is 19.7 Å². The molecule has 0 fully saturated rings. The molecule has 1 aromatic rings. The lowest BCUT2D eigenvalue weighted by molar-refractivity contribution is -0.147. The van der Waals surface area contributed by atoms with E-state index in [0.29, 0.717) is 30.3 Å². The molecule has 216 valence electrons. The van der Waals surface area contributed by atoms with Gasteiger partial charge in [0, 0.05) is 17.5 Å². The lowest BCUT2D eigenvalue weighted by Gasteiger charge is -2.18. The minimum Gasteiger partial charge on any atom is -0.463 e. The van der Waals surface area contributed by atoms with Crippen LogP contribution >= 0.6 is 11.8 Å². The van der Waals surface area contributed by atoms with Crippen molar-refractivity contribution in [2.24, 2.45) is 5.92 Å². The molecule has 0 saturated carbocycles. The number of nitrogens with zero attached hydrogens (tertiary/aromatic N) is 3. The molecule has 0 spiro atoms. The molecule has 3 unspecified atom stereocenters. The van der Waals surface area contributed by atoms with Crippen LogP contribution in [0.2, 0.25) is 0 Å². The molecule has 38 heavy (non-hydrogen) atoms. The highest BCUT2D eigenvalue weighted by Gasteiger charge is 2.20. The normalized spacial score (nSPS) is 13.7. The van der Waals surface area contributed by atoms with Crippen LogP contribution < -0.4 is 17.1 Å². The Labute approximate surface area is 226 Å². The molecule has 0 amide bonds. The van der Waals surface area contributed by atoms with Crippen molar-refractivity contribution in [2.45, 2.75) is 84.7 Å². The van der Waals surface area contributed by atoms with Gasteiger partial charge in [0.25, 0.3) is 0 Å². The van der Waals surface area contributed by atoms with Crippen molar-refractivity contribution in [3.63, 3.8) is 0 Å². The van der Waals surface area contributed by atoms with Gasteiger partial charge in [-0.3, -0.25) is 9.59 Å². The topological polar surface area (TPSA) is 159 Å². The van der Waals surface area contributed by atoms with Crippen LogP contribution in [0.25, 0.3) is 0 Å². The van der Waals surface area contributed by atoms with E-state index in [1.807, 2.05) is 13.8 Å². The highest BCUT2D eigenvalue weighted by molar-refractivity contribution is 7.99. The van der Waals surface area contributed by atoms with Crippen molar-refractivity contribution in [1.29, 1.82) is 0 Å². The standard InChI is InChI=1S/C25H41N3O9S/c1-6-10-26-23(33)27(25(35)28(24(26)34)18(5)7-2)14-20(30)16-37-22(32)9-12-38-11-8-21(31)36-15-19(29)13-17(3)4/h6,17-20,29-30H,1,7-16H2,2-5H3. The van der Waals surface area contributed by atoms with Crippen molar-refractivity contribution >= 4 is 23.7 Å². The monoisotopic (exact) mass is 559 g/mol. The van der Waals surface area contributed by atoms with Crippen LogP contribution in [0.4, 0.5) is 0 Å². The molecule has 0 aliphatic heterocycles. The number of allylic oxidation sites excluding steroid dienone is 1. The maximum Gasteiger partial charge on any atom is 0.336 e. The van der Waals surface area contributed by atoms with E-state index in [1.165, 1.54) is 17.8 Å². The minimum absolute atomic E-state index is 0.0323. The summed E-state index contributed by atoms with van der Waals surface area (Å²) in [6.45, 7) is 9.89. The lowest BCUT2D eigenvalue weighted by Crippen LogP contribution is -2.56. The molecule has 12 nitrogen and oxygen atoms in total. The summed E-state index contributed by atoms with van der Waals surface area (Å²) in [5, 5.41) is 20.0. The van der Waals surface area contributed by atoms with Gasteiger partial charge in [0.05, 0.1) is 32.0 Å². The summed E-state index contributed by atoms with van der Waals surface area (Å²) in [7, 11) is 0. The minimum atomic E-state index is -1.35. The van der Waals surface area contributed by atoms with Crippen LogP contribution in [-0.4, -0.2) is 72.8 Å². The summed E-state index contributed by atoms with van der Waals surface area (Å²) in [6.07, 6.45) is 0.521. The Hall–Kier alpha value is -2.64. The van der Waals surface area contributed by atoms with E-state index in [9.17, 15) is 34.2 Å². The molecular weight excluding hydrogens is 518 g/mol. The van der Waals surface area contributed by atoms with E-state index < -0.39 is 60.4 Å². The summed E-state index contributed by atoms with van der Waals surface area (Å²) in [4.78, 5) is 61.9. The van der Waals surface area contributed by atoms with E-state index in [1.54, 1.807) is 13.8 Å². The van der Waals surface area contributed by atoms with Crippen molar-refractivity contribution in [1.82, 2.24) is 13.7 Å².